The standard InChI is InChI=1S/C16H21NO4/c1-3-9-21-11-15(18)17-12(2)14-6-4-5-13(10-14)7-8-16(19)20/h4-8,10,12H,3,9,11H2,1-2H3,(H,17,18)(H,19,20)/b8-7+. The highest BCUT2D eigenvalue weighted by molar-refractivity contribution is 5.85. The van der Waals surface area contributed by atoms with Crippen LogP contribution in [-0.4, -0.2) is 30.2 Å². The van der Waals surface area contributed by atoms with Crippen LogP contribution in [0.15, 0.2) is 30.3 Å². The summed E-state index contributed by atoms with van der Waals surface area (Å²) in [5.41, 5.74) is 1.68. The van der Waals surface area contributed by atoms with Crippen LogP contribution in [-0.2, 0) is 14.3 Å². The Kier molecular flexibility index (Phi) is 7.18. The minimum Gasteiger partial charge on any atom is -0.478 e. The van der Waals surface area contributed by atoms with E-state index in [1.165, 1.54) is 6.08 Å². The van der Waals surface area contributed by atoms with Crippen LogP contribution in [0, 0.1) is 0 Å². The van der Waals surface area contributed by atoms with Gasteiger partial charge in [-0.3, -0.25) is 4.79 Å². The van der Waals surface area contributed by atoms with Gasteiger partial charge in [-0.05, 0) is 36.6 Å². The lowest BCUT2D eigenvalue weighted by molar-refractivity contribution is -0.131. The van der Waals surface area contributed by atoms with Crippen molar-refractivity contribution in [2.75, 3.05) is 13.2 Å². The molecule has 1 unspecified atom stereocenters. The van der Waals surface area contributed by atoms with Gasteiger partial charge in [0.25, 0.3) is 0 Å². The summed E-state index contributed by atoms with van der Waals surface area (Å²) in [5, 5.41) is 11.5. The number of nitrogens with one attached hydrogen (secondary N) is 1. The third-order valence-corrected chi connectivity index (χ3v) is 2.79. The van der Waals surface area contributed by atoms with Crippen LogP contribution in [0.2, 0.25) is 0 Å². The Morgan fingerprint density at radius 3 is 2.86 bits per heavy atom. The van der Waals surface area contributed by atoms with Crippen molar-refractivity contribution in [3.05, 3.63) is 41.5 Å². The van der Waals surface area contributed by atoms with Crippen molar-refractivity contribution in [3.8, 4) is 0 Å². The van der Waals surface area contributed by atoms with E-state index >= 15 is 0 Å². The molecule has 1 aromatic rings. The molecule has 0 heterocycles. The number of carboxylic acid groups (broad SMARTS) is 1. The number of aliphatic carboxylic acids is 1. The Bertz CT molecular complexity index is 511. The molecule has 0 spiro atoms. The molecule has 1 rings (SSSR count). The van der Waals surface area contributed by atoms with Crippen LogP contribution in [0.3, 0.4) is 0 Å². The lowest BCUT2D eigenvalue weighted by atomic mass is 10.0. The number of carbonyl (C=O) groups excluding carboxylic acids is 1. The van der Waals surface area contributed by atoms with Gasteiger partial charge in [0.05, 0.1) is 6.04 Å². The molecule has 0 aliphatic heterocycles. The highest BCUT2D eigenvalue weighted by Crippen LogP contribution is 2.15. The molecule has 21 heavy (non-hydrogen) atoms. The number of amides is 1. The van der Waals surface area contributed by atoms with Crippen molar-refractivity contribution < 1.29 is 19.4 Å². The van der Waals surface area contributed by atoms with E-state index < -0.39 is 5.97 Å². The molecule has 0 fully saturated rings. The average molecular weight is 291 g/mol. The van der Waals surface area contributed by atoms with E-state index in [-0.39, 0.29) is 18.6 Å². The molecule has 0 saturated heterocycles. The van der Waals surface area contributed by atoms with Gasteiger partial charge in [0.1, 0.15) is 6.61 Å². The zero-order valence-electron chi connectivity index (χ0n) is 12.3. The van der Waals surface area contributed by atoms with E-state index in [2.05, 4.69) is 5.32 Å². The number of hydrogen-bond acceptors (Lipinski definition) is 3. The van der Waals surface area contributed by atoms with E-state index in [9.17, 15) is 9.59 Å². The van der Waals surface area contributed by atoms with Gasteiger partial charge in [-0.25, -0.2) is 4.79 Å². The molecule has 0 saturated carbocycles. The number of hydrogen-bond donors (Lipinski definition) is 2. The van der Waals surface area contributed by atoms with Crippen molar-refractivity contribution in [2.45, 2.75) is 26.3 Å². The molecule has 0 aliphatic rings. The summed E-state index contributed by atoms with van der Waals surface area (Å²) in [6, 6.07) is 7.20. The molecule has 1 amide bonds. The van der Waals surface area contributed by atoms with Gasteiger partial charge in [-0.15, -0.1) is 0 Å². The van der Waals surface area contributed by atoms with E-state index in [1.807, 2.05) is 38.1 Å². The molecule has 0 radical (unpaired) electrons. The van der Waals surface area contributed by atoms with Gasteiger partial charge in [-0.2, -0.15) is 0 Å². The summed E-state index contributed by atoms with van der Waals surface area (Å²) < 4.78 is 5.18. The van der Waals surface area contributed by atoms with Crippen molar-refractivity contribution >= 4 is 18.0 Å². The second kappa shape index (κ2) is 8.92. The first-order chi connectivity index (χ1) is 10.0. The fourth-order valence-electron chi connectivity index (χ4n) is 1.78. The van der Waals surface area contributed by atoms with Gasteiger partial charge in [0.2, 0.25) is 5.91 Å². The minimum atomic E-state index is -0.991. The number of benzene rings is 1. The van der Waals surface area contributed by atoms with Crippen molar-refractivity contribution in [2.24, 2.45) is 0 Å². The zero-order chi connectivity index (χ0) is 15.7. The van der Waals surface area contributed by atoms with E-state index in [0.29, 0.717) is 6.61 Å². The van der Waals surface area contributed by atoms with Crippen LogP contribution < -0.4 is 5.32 Å². The van der Waals surface area contributed by atoms with Gasteiger partial charge in [0.15, 0.2) is 0 Å². The molecule has 5 nitrogen and oxygen atoms in total. The maximum Gasteiger partial charge on any atom is 0.328 e. The molecule has 0 aliphatic carbocycles. The smallest absolute Gasteiger partial charge is 0.328 e. The Balaban J connectivity index is 2.61. The van der Waals surface area contributed by atoms with Crippen LogP contribution in [0.4, 0.5) is 0 Å². The summed E-state index contributed by atoms with van der Waals surface area (Å²) in [4.78, 5) is 22.2. The molecule has 114 valence electrons. The SMILES string of the molecule is CCCOCC(=O)NC(C)c1cccc(/C=C/C(=O)O)c1. The first kappa shape index (κ1) is 16.9. The van der Waals surface area contributed by atoms with Crippen molar-refractivity contribution in [1.29, 1.82) is 0 Å². The molecule has 5 heteroatoms. The van der Waals surface area contributed by atoms with Gasteiger partial charge in [-0.1, -0.05) is 25.1 Å². The van der Waals surface area contributed by atoms with Gasteiger partial charge >= 0.3 is 5.97 Å². The Morgan fingerprint density at radius 1 is 1.43 bits per heavy atom. The Labute approximate surface area is 124 Å². The quantitative estimate of drug-likeness (QED) is 0.569. The summed E-state index contributed by atoms with van der Waals surface area (Å²) in [7, 11) is 0. The molecule has 1 atom stereocenters. The number of ether oxygens (including phenoxy) is 1. The zero-order valence-corrected chi connectivity index (χ0v) is 12.3. The predicted octanol–water partition coefficient (Wildman–Crippen LogP) is 2.39. The highest BCUT2D eigenvalue weighted by Gasteiger charge is 2.09. The highest BCUT2D eigenvalue weighted by atomic mass is 16.5. The maximum atomic E-state index is 11.7. The summed E-state index contributed by atoms with van der Waals surface area (Å²) in [6.45, 7) is 4.47. The predicted molar refractivity (Wildman–Crippen MR) is 80.8 cm³/mol. The first-order valence-corrected chi connectivity index (χ1v) is 6.91. The number of carbonyl (C=O) groups is 2. The van der Waals surface area contributed by atoms with Crippen LogP contribution in [0.1, 0.15) is 37.4 Å². The monoisotopic (exact) mass is 291 g/mol. The lowest BCUT2D eigenvalue weighted by Gasteiger charge is -2.15. The molecular weight excluding hydrogens is 270 g/mol. The second-order valence-corrected chi connectivity index (χ2v) is 4.68. The molecule has 0 aromatic heterocycles. The molecule has 0 bridgehead atoms. The molecule has 2 N–H and O–H groups in total. The van der Waals surface area contributed by atoms with E-state index in [1.54, 1.807) is 0 Å². The summed E-state index contributed by atoms with van der Waals surface area (Å²) in [6.07, 6.45) is 3.48. The van der Waals surface area contributed by atoms with E-state index in [0.717, 1.165) is 23.6 Å². The average Bonchev–Trinajstić information content (AvgIpc) is 2.45. The second-order valence-electron chi connectivity index (χ2n) is 4.68. The third-order valence-electron chi connectivity index (χ3n) is 2.79. The normalized spacial score (nSPS) is 12.3. The Morgan fingerprint density at radius 2 is 2.19 bits per heavy atom. The topological polar surface area (TPSA) is 75.6 Å². The first-order valence-electron chi connectivity index (χ1n) is 6.91. The fraction of sp³-hybridized carbons (Fsp3) is 0.375. The van der Waals surface area contributed by atoms with Crippen LogP contribution >= 0.6 is 0 Å². The van der Waals surface area contributed by atoms with Crippen LogP contribution in [0.5, 0.6) is 0 Å². The van der Waals surface area contributed by atoms with E-state index in [4.69, 9.17) is 9.84 Å². The number of rotatable bonds is 8. The maximum absolute atomic E-state index is 11.7. The summed E-state index contributed by atoms with van der Waals surface area (Å²) >= 11 is 0. The Hall–Kier alpha value is -2.14. The molecule has 1 aromatic carbocycles. The minimum absolute atomic E-state index is 0.0524. The largest absolute Gasteiger partial charge is 0.478 e. The van der Waals surface area contributed by atoms with Crippen molar-refractivity contribution in [1.82, 2.24) is 5.32 Å². The van der Waals surface area contributed by atoms with Gasteiger partial charge in [0, 0.05) is 12.7 Å². The van der Waals surface area contributed by atoms with Crippen LogP contribution in [0.25, 0.3) is 6.08 Å². The third kappa shape index (κ3) is 6.72. The summed E-state index contributed by atoms with van der Waals surface area (Å²) in [5.74, 6) is -1.16. The molecular formula is C16H21NO4. The fourth-order valence-corrected chi connectivity index (χ4v) is 1.78. The lowest BCUT2D eigenvalue weighted by Crippen LogP contribution is -2.30. The van der Waals surface area contributed by atoms with Crippen molar-refractivity contribution in [3.63, 3.8) is 0 Å². The van der Waals surface area contributed by atoms with Gasteiger partial charge < -0.3 is 15.2 Å². The number of carboxylic acids is 1.